The lowest BCUT2D eigenvalue weighted by atomic mass is 10.0. The highest BCUT2D eigenvalue weighted by atomic mass is 32.1. The zero-order valence-corrected chi connectivity index (χ0v) is 13.8. The summed E-state index contributed by atoms with van der Waals surface area (Å²) < 4.78 is 10.7. The smallest absolute Gasteiger partial charge is 0.160 e. The highest BCUT2D eigenvalue weighted by molar-refractivity contribution is 7.11. The van der Waals surface area contributed by atoms with Crippen LogP contribution >= 0.6 is 11.3 Å². The van der Waals surface area contributed by atoms with Gasteiger partial charge in [0.15, 0.2) is 11.5 Å². The second kappa shape index (κ2) is 7.43. The molecule has 0 spiro atoms. The Hall–Kier alpha value is -1.59. The van der Waals surface area contributed by atoms with Crippen molar-refractivity contribution in [1.29, 1.82) is 0 Å². The van der Waals surface area contributed by atoms with Crippen molar-refractivity contribution in [3.63, 3.8) is 0 Å². The van der Waals surface area contributed by atoms with Crippen molar-refractivity contribution < 1.29 is 9.47 Å². The minimum Gasteiger partial charge on any atom is -0.493 e. The van der Waals surface area contributed by atoms with E-state index in [-0.39, 0.29) is 6.04 Å². The normalized spacial score (nSPS) is 12.2. The number of thiazole rings is 1. The maximum absolute atomic E-state index is 5.37. The quantitative estimate of drug-likeness (QED) is 0.852. The molecular formula is C16H22N2O2S. The van der Waals surface area contributed by atoms with E-state index in [1.54, 1.807) is 25.6 Å². The van der Waals surface area contributed by atoms with Crippen LogP contribution in [0.15, 0.2) is 24.4 Å². The van der Waals surface area contributed by atoms with Crippen LogP contribution in [-0.4, -0.2) is 25.7 Å². The van der Waals surface area contributed by atoms with E-state index in [1.165, 1.54) is 10.4 Å². The topological polar surface area (TPSA) is 43.4 Å². The van der Waals surface area contributed by atoms with E-state index >= 15 is 0 Å². The van der Waals surface area contributed by atoms with Gasteiger partial charge in [0.2, 0.25) is 0 Å². The van der Waals surface area contributed by atoms with Crippen LogP contribution in [0.4, 0.5) is 0 Å². The van der Waals surface area contributed by atoms with Crippen LogP contribution in [0.3, 0.4) is 0 Å². The van der Waals surface area contributed by atoms with Crippen molar-refractivity contribution in [3.05, 3.63) is 39.8 Å². The van der Waals surface area contributed by atoms with E-state index < -0.39 is 0 Å². The van der Waals surface area contributed by atoms with E-state index in [4.69, 9.17) is 9.47 Å². The molecule has 21 heavy (non-hydrogen) atoms. The molecule has 4 nitrogen and oxygen atoms in total. The van der Waals surface area contributed by atoms with Crippen molar-refractivity contribution >= 4 is 11.3 Å². The van der Waals surface area contributed by atoms with Crippen LogP contribution in [0.1, 0.15) is 28.4 Å². The van der Waals surface area contributed by atoms with Gasteiger partial charge in [0, 0.05) is 17.1 Å². The molecule has 114 valence electrons. The van der Waals surface area contributed by atoms with Gasteiger partial charge >= 0.3 is 0 Å². The third kappa shape index (κ3) is 3.95. The lowest BCUT2D eigenvalue weighted by Gasteiger charge is -2.17. The molecule has 1 atom stereocenters. The number of rotatable bonds is 7. The fourth-order valence-electron chi connectivity index (χ4n) is 2.30. The molecule has 0 aliphatic carbocycles. The van der Waals surface area contributed by atoms with Crippen LogP contribution in [0.25, 0.3) is 0 Å². The number of nitrogens with zero attached hydrogens (tertiary/aromatic N) is 1. The zero-order chi connectivity index (χ0) is 15.2. The lowest BCUT2D eigenvalue weighted by Crippen LogP contribution is -2.22. The van der Waals surface area contributed by atoms with Gasteiger partial charge in [-0.3, -0.25) is 0 Å². The Morgan fingerprint density at radius 3 is 2.57 bits per heavy atom. The monoisotopic (exact) mass is 306 g/mol. The van der Waals surface area contributed by atoms with Gasteiger partial charge in [-0.25, -0.2) is 4.98 Å². The van der Waals surface area contributed by atoms with E-state index in [0.29, 0.717) is 0 Å². The Morgan fingerprint density at radius 1 is 1.24 bits per heavy atom. The Balaban J connectivity index is 2.20. The molecule has 0 amide bonds. The molecular weight excluding hydrogens is 284 g/mol. The molecule has 1 unspecified atom stereocenters. The largest absolute Gasteiger partial charge is 0.493 e. The predicted molar refractivity (Wildman–Crippen MR) is 86.5 cm³/mol. The van der Waals surface area contributed by atoms with Gasteiger partial charge in [0.1, 0.15) is 0 Å². The Labute approximate surface area is 130 Å². The van der Waals surface area contributed by atoms with Crippen LogP contribution in [0, 0.1) is 6.92 Å². The summed E-state index contributed by atoms with van der Waals surface area (Å²) in [5.41, 5.74) is 1.21. The fraction of sp³-hybridized carbons (Fsp3) is 0.438. The number of hydrogen-bond acceptors (Lipinski definition) is 5. The number of methoxy groups -OCH3 is 2. The van der Waals surface area contributed by atoms with Crippen LogP contribution < -0.4 is 14.8 Å². The van der Waals surface area contributed by atoms with E-state index in [2.05, 4.69) is 23.3 Å². The molecule has 0 saturated heterocycles. The Kier molecular flexibility index (Phi) is 5.59. The van der Waals surface area contributed by atoms with Gasteiger partial charge in [0.25, 0.3) is 0 Å². The van der Waals surface area contributed by atoms with Crippen molar-refractivity contribution in [3.8, 4) is 11.5 Å². The second-order valence-corrected chi connectivity index (χ2v) is 6.05. The number of likely N-dealkylation sites (N-methyl/N-ethyl adjacent to an activating group) is 1. The average Bonchev–Trinajstić information content (AvgIpc) is 2.93. The number of benzene rings is 1. The highest BCUT2D eigenvalue weighted by Crippen LogP contribution is 2.30. The second-order valence-electron chi connectivity index (χ2n) is 4.79. The summed E-state index contributed by atoms with van der Waals surface area (Å²) in [7, 11) is 3.31. The standard InChI is InChI=1S/C16H22N2O2S/c1-5-17-13(16-10-18-11(2)21-16)8-12-6-7-14(19-3)15(9-12)20-4/h6-7,9-10,13,17H,5,8H2,1-4H3. The fourth-order valence-corrected chi connectivity index (χ4v) is 3.16. The first-order valence-corrected chi connectivity index (χ1v) is 7.86. The number of aromatic nitrogens is 1. The summed E-state index contributed by atoms with van der Waals surface area (Å²) in [6, 6.07) is 6.35. The Bertz CT molecular complexity index is 583. The van der Waals surface area contributed by atoms with E-state index in [0.717, 1.165) is 29.5 Å². The zero-order valence-electron chi connectivity index (χ0n) is 13.0. The summed E-state index contributed by atoms with van der Waals surface area (Å²) in [6.45, 7) is 5.08. The van der Waals surface area contributed by atoms with Gasteiger partial charge < -0.3 is 14.8 Å². The van der Waals surface area contributed by atoms with Crippen molar-refractivity contribution in [1.82, 2.24) is 10.3 Å². The molecule has 2 rings (SSSR count). The van der Waals surface area contributed by atoms with Gasteiger partial charge in [-0.15, -0.1) is 11.3 Å². The molecule has 0 radical (unpaired) electrons. The third-order valence-electron chi connectivity index (χ3n) is 3.32. The summed E-state index contributed by atoms with van der Waals surface area (Å²) >= 11 is 1.74. The van der Waals surface area contributed by atoms with Gasteiger partial charge in [0.05, 0.1) is 19.2 Å². The molecule has 1 N–H and O–H groups in total. The first-order chi connectivity index (χ1) is 10.2. The molecule has 1 aromatic heterocycles. The molecule has 1 heterocycles. The van der Waals surface area contributed by atoms with E-state index in [9.17, 15) is 0 Å². The molecule has 0 bridgehead atoms. The molecule has 1 aromatic carbocycles. The number of nitrogens with one attached hydrogen (secondary N) is 1. The number of ether oxygens (including phenoxy) is 2. The summed E-state index contributed by atoms with van der Waals surface area (Å²) in [5.74, 6) is 1.53. The first kappa shape index (κ1) is 15.8. The molecule has 0 aliphatic heterocycles. The molecule has 0 aliphatic rings. The average molecular weight is 306 g/mol. The van der Waals surface area contributed by atoms with Gasteiger partial charge in [-0.1, -0.05) is 13.0 Å². The van der Waals surface area contributed by atoms with Gasteiger partial charge in [-0.05, 0) is 37.6 Å². The molecule has 2 aromatic rings. The summed E-state index contributed by atoms with van der Waals surface area (Å²) in [5, 5.41) is 4.62. The van der Waals surface area contributed by atoms with Crippen molar-refractivity contribution in [2.45, 2.75) is 26.3 Å². The highest BCUT2D eigenvalue weighted by Gasteiger charge is 2.15. The first-order valence-electron chi connectivity index (χ1n) is 7.04. The van der Waals surface area contributed by atoms with Crippen molar-refractivity contribution in [2.24, 2.45) is 0 Å². The predicted octanol–water partition coefficient (Wildman–Crippen LogP) is 3.36. The number of hydrogen-bond donors (Lipinski definition) is 1. The van der Waals surface area contributed by atoms with Crippen LogP contribution in [0.2, 0.25) is 0 Å². The molecule has 5 heteroatoms. The SMILES string of the molecule is CCNC(Cc1ccc(OC)c(OC)c1)c1cnc(C)s1. The minimum atomic E-state index is 0.277. The molecule has 0 saturated carbocycles. The third-order valence-corrected chi connectivity index (χ3v) is 4.35. The minimum absolute atomic E-state index is 0.277. The van der Waals surface area contributed by atoms with Crippen molar-refractivity contribution in [2.75, 3.05) is 20.8 Å². The maximum Gasteiger partial charge on any atom is 0.160 e. The van der Waals surface area contributed by atoms with Crippen LogP contribution in [0.5, 0.6) is 11.5 Å². The van der Waals surface area contributed by atoms with E-state index in [1.807, 2.05) is 25.3 Å². The number of aryl methyl sites for hydroxylation is 1. The Morgan fingerprint density at radius 2 is 2.00 bits per heavy atom. The van der Waals surface area contributed by atoms with Gasteiger partial charge in [-0.2, -0.15) is 0 Å². The summed E-state index contributed by atoms with van der Waals surface area (Å²) in [6.07, 6.45) is 2.86. The maximum atomic E-state index is 5.37. The summed E-state index contributed by atoms with van der Waals surface area (Å²) in [4.78, 5) is 5.62. The molecule has 0 fully saturated rings. The van der Waals surface area contributed by atoms with Crippen LogP contribution in [-0.2, 0) is 6.42 Å². The lowest BCUT2D eigenvalue weighted by molar-refractivity contribution is 0.354.